The van der Waals surface area contributed by atoms with E-state index in [0.717, 1.165) is 44.1 Å². The molecular weight excluding hydrogens is 254 g/mol. The van der Waals surface area contributed by atoms with Crippen molar-refractivity contribution in [2.45, 2.75) is 19.4 Å². The molecule has 1 amide bonds. The van der Waals surface area contributed by atoms with E-state index in [9.17, 15) is 4.79 Å². The average Bonchev–Trinajstić information content (AvgIpc) is 2.42. The van der Waals surface area contributed by atoms with Crippen molar-refractivity contribution in [2.24, 2.45) is 0 Å². The molecule has 0 aromatic heterocycles. The zero-order chi connectivity index (χ0) is 14.4. The van der Waals surface area contributed by atoms with E-state index in [1.807, 2.05) is 31.2 Å². The lowest BCUT2D eigenvalue weighted by Crippen LogP contribution is -2.46. The second-order valence-corrected chi connectivity index (χ2v) is 5.30. The fourth-order valence-corrected chi connectivity index (χ4v) is 2.36. The minimum atomic E-state index is 0.0514. The molecule has 0 radical (unpaired) electrons. The Labute approximate surface area is 120 Å². The Kier molecular flexibility index (Phi) is 5.38. The third-order valence-electron chi connectivity index (χ3n) is 3.39. The minimum absolute atomic E-state index is 0.0514. The van der Waals surface area contributed by atoms with Gasteiger partial charge in [-0.3, -0.25) is 9.69 Å². The number of carbonyl (C=O) groups is 1. The molecule has 1 atom stereocenters. The number of amides is 1. The fraction of sp³-hybridized carbons (Fsp3) is 0.533. The summed E-state index contributed by atoms with van der Waals surface area (Å²) >= 11 is 0. The molecular formula is C15H23N3O2. The topological polar surface area (TPSA) is 67.6 Å². The Morgan fingerprint density at radius 2 is 2.00 bits per heavy atom. The number of nitrogens with zero attached hydrogens (tertiary/aromatic N) is 1. The van der Waals surface area contributed by atoms with Crippen molar-refractivity contribution < 1.29 is 9.53 Å². The van der Waals surface area contributed by atoms with E-state index in [-0.39, 0.29) is 11.9 Å². The van der Waals surface area contributed by atoms with Gasteiger partial charge in [-0.05, 0) is 24.6 Å². The molecule has 1 unspecified atom stereocenters. The molecule has 1 aromatic rings. The van der Waals surface area contributed by atoms with Crippen molar-refractivity contribution >= 4 is 11.6 Å². The standard InChI is InChI=1S/C15H23N3O2/c1-12(11-18-6-8-20-9-7-18)17-15(19)10-13-2-4-14(16)5-3-13/h2-5,12H,6-11,16H2,1H3,(H,17,19). The molecule has 1 saturated heterocycles. The summed E-state index contributed by atoms with van der Waals surface area (Å²) in [5.74, 6) is 0.0514. The van der Waals surface area contributed by atoms with Crippen molar-refractivity contribution in [1.82, 2.24) is 10.2 Å². The summed E-state index contributed by atoms with van der Waals surface area (Å²) in [6.45, 7) is 6.36. The van der Waals surface area contributed by atoms with Crippen molar-refractivity contribution in [3.05, 3.63) is 29.8 Å². The summed E-state index contributed by atoms with van der Waals surface area (Å²) in [7, 11) is 0. The number of benzene rings is 1. The van der Waals surface area contributed by atoms with E-state index in [4.69, 9.17) is 10.5 Å². The number of hydrogen-bond donors (Lipinski definition) is 2. The van der Waals surface area contributed by atoms with Gasteiger partial charge in [-0.25, -0.2) is 0 Å². The van der Waals surface area contributed by atoms with Crippen molar-refractivity contribution in [1.29, 1.82) is 0 Å². The molecule has 5 nitrogen and oxygen atoms in total. The van der Waals surface area contributed by atoms with Crippen molar-refractivity contribution in [3.8, 4) is 0 Å². The fourth-order valence-electron chi connectivity index (χ4n) is 2.36. The number of nitrogens with two attached hydrogens (primary N) is 1. The number of ether oxygens (including phenoxy) is 1. The van der Waals surface area contributed by atoms with Crippen LogP contribution in [0.15, 0.2) is 24.3 Å². The lowest BCUT2D eigenvalue weighted by molar-refractivity contribution is -0.121. The molecule has 0 saturated carbocycles. The lowest BCUT2D eigenvalue weighted by Gasteiger charge is -2.29. The maximum absolute atomic E-state index is 12.0. The van der Waals surface area contributed by atoms with Crippen LogP contribution in [0.4, 0.5) is 5.69 Å². The Balaban J connectivity index is 1.74. The minimum Gasteiger partial charge on any atom is -0.399 e. The third-order valence-corrected chi connectivity index (χ3v) is 3.39. The first-order valence-electron chi connectivity index (χ1n) is 7.07. The predicted molar refractivity (Wildman–Crippen MR) is 79.4 cm³/mol. The monoisotopic (exact) mass is 277 g/mol. The Morgan fingerprint density at radius 1 is 1.35 bits per heavy atom. The maximum atomic E-state index is 12.0. The first-order chi connectivity index (χ1) is 9.63. The van der Waals surface area contributed by atoms with Gasteiger partial charge in [-0.15, -0.1) is 0 Å². The molecule has 1 aromatic carbocycles. The van der Waals surface area contributed by atoms with Gasteiger partial charge in [0.25, 0.3) is 0 Å². The first kappa shape index (κ1) is 14.8. The number of hydrogen-bond acceptors (Lipinski definition) is 4. The highest BCUT2D eigenvalue weighted by molar-refractivity contribution is 5.78. The summed E-state index contributed by atoms with van der Waals surface area (Å²) in [5, 5.41) is 3.04. The normalized spacial score (nSPS) is 17.6. The summed E-state index contributed by atoms with van der Waals surface area (Å²) in [5.41, 5.74) is 7.33. The van der Waals surface area contributed by atoms with Crippen LogP contribution in [0.1, 0.15) is 12.5 Å². The molecule has 110 valence electrons. The van der Waals surface area contributed by atoms with Crippen LogP contribution in [0.2, 0.25) is 0 Å². The number of anilines is 1. The van der Waals surface area contributed by atoms with Gasteiger partial charge < -0.3 is 15.8 Å². The van der Waals surface area contributed by atoms with Gasteiger partial charge in [-0.2, -0.15) is 0 Å². The lowest BCUT2D eigenvalue weighted by atomic mass is 10.1. The molecule has 1 heterocycles. The molecule has 0 aliphatic carbocycles. The van der Waals surface area contributed by atoms with Gasteiger partial charge in [0.1, 0.15) is 0 Å². The molecule has 0 spiro atoms. The number of morpholine rings is 1. The molecule has 1 fully saturated rings. The second-order valence-electron chi connectivity index (χ2n) is 5.30. The molecule has 5 heteroatoms. The molecule has 0 bridgehead atoms. The zero-order valence-corrected chi connectivity index (χ0v) is 12.0. The number of carbonyl (C=O) groups excluding carboxylic acids is 1. The van der Waals surface area contributed by atoms with Crippen LogP contribution in [0.5, 0.6) is 0 Å². The smallest absolute Gasteiger partial charge is 0.224 e. The first-order valence-corrected chi connectivity index (χ1v) is 7.07. The number of nitrogens with one attached hydrogen (secondary N) is 1. The van der Waals surface area contributed by atoms with Gasteiger partial charge in [0.15, 0.2) is 0 Å². The maximum Gasteiger partial charge on any atom is 0.224 e. The van der Waals surface area contributed by atoms with E-state index in [2.05, 4.69) is 10.2 Å². The summed E-state index contributed by atoms with van der Waals surface area (Å²) in [6, 6.07) is 7.57. The molecule has 2 rings (SSSR count). The van der Waals surface area contributed by atoms with Crippen LogP contribution in [0, 0.1) is 0 Å². The quantitative estimate of drug-likeness (QED) is 0.775. The van der Waals surface area contributed by atoms with Gasteiger partial charge >= 0.3 is 0 Å². The van der Waals surface area contributed by atoms with E-state index in [0.29, 0.717) is 6.42 Å². The summed E-state index contributed by atoms with van der Waals surface area (Å²) in [6.07, 6.45) is 0.397. The Bertz CT molecular complexity index is 427. The summed E-state index contributed by atoms with van der Waals surface area (Å²) in [4.78, 5) is 14.3. The van der Waals surface area contributed by atoms with E-state index >= 15 is 0 Å². The zero-order valence-electron chi connectivity index (χ0n) is 12.0. The van der Waals surface area contributed by atoms with Gasteiger partial charge in [-0.1, -0.05) is 12.1 Å². The SMILES string of the molecule is CC(CN1CCOCC1)NC(=O)Cc1ccc(N)cc1. The number of nitrogen functional groups attached to an aromatic ring is 1. The number of rotatable bonds is 5. The molecule has 1 aliphatic heterocycles. The van der Waals surface area contributed by atoms with E-state index < -0.39 is 0 Å². The predicted octanol–water partition coefficient (Wildman–Crippen LogP) is 0.648. The van der Waals surface area contributed by atoms with E-state index in [1.165, 1.54) is 0 Å². The van der Waals surface area contributed by atoms with Gasteiger partial charge in [0.2, 0.25) is 5.91 Å². The molecule has 20 heavy (non-hydrogen) atoms. The molecule has 1 aliphatic rings. The van der Waals surface area contributed by atoms with Gasteiger partial charge in [0, 0.05) is 31.4 Å². The highest BCUT2D eigenvalue weighted by Crippen LogP contribution is 2.06. The average molecular weight is 277 g/mol. The summed E-state index contributed by atoms with van der Waals surface area (Å²) < 4.78 is 5.31. The van der Waals surface area contributed by atoms with Crippen LogP contribution in [-0.4, -0.2) is 49.7 Å². The van der Waals surface area contributed by atoms with Crippen LogP contribution in [-0.2, 0) is 16.0 Å². The largest absolute Gasteiger partial charge is 0.399 e. The van der Waals surface area contributed by atoms with Gasteiger partial charge in [0.05, 0.1) is 19.6 Å². The van der Waals surface area contributed by atoms with Crippen molar-refractivity contribution in [3.63, 3.8) is 0 Å². The van der Waals surface area contributed by atoms with Crippen LogP contribution < -0.4 is 11.1 Å². The Hall–Kier alpha value is -1.59. The van der Waals surface area contributed by atoms with Crippen LogP contribution in [0.25, 0.3) is 0 Å². The second kappa shape index (κ2) is 7.26. The van der Waals surface area contributed by atoms with Crippen molar-refractivity contribution in [2.75, 3.05) is 38.6 Å². The van der Waals surface area contributed by atoms with Crippen LogP contribution in [0.3, 0.4) is 0 Å². The highest BCUT2D eigenvalue weighted by atomic mass is 16.5. The Morgan fingerprint density at radius 3 is 2.65 bits per heavy atom. The highest BCUT2D eigenvalue weighted by Gasteiger charge is 2.15. The third kappa shape index (κ3) is 4.83. The van der Waals surface area contributed by atoms with E-state index in [1.54, 1.807) is 0 Å². The molecule has 3 N–H and O–H groups in total. The van der Waals surface area contributed by atoms with Crippen LogP contribution >= 0.6 is 0 Å².